The Morgan fingerprint density at radius 1 is 1.21 bits per heavy atom. The summed E-state index contributed by atoms with van der Waals surface area (Å²) in [7, 11) is 0. The summed E-state index contributed by atoms with van der Waals surface area (Å²) in [6.45, 7) is 3.61. The molecule has 102 valence electrons. The molecule has 0 atom stereocenters. The molecule has 4 heteroatoms. The summed E-state index contributed by atoms with van der Waals surface area (Å²) in [5, 5.41) is 3.35. The number of carbonyl (C=O) groups excluding carboxylic acids is 1. The molecule has 2 saturated heterocycles. The molecule has 0 aliphatic carbocycles. The highest BCUT2D eigenvalue weighted by Crippen LogP contribution is 2.28. The summed E-state index contributed by atoms with van der Waals surface area (Å²) in [4.78, 5) is 14.0. The zero-order valence-electron chi connectivity index (χ0n) is 11.1. The van der Waals surface area contributed by atoms with Crippen molar-refractivity contribution in [3.05, 3.63) is 35.9 Å². The van der Waals surface area contributed by atoms with Crippen molar-refractivity contribution in [2.75, 3.05) is 26.2 Å². The molecular formula is C15H20N2O2. The fraction of sp³-hybridized carbons (Fsp3) is 0.533. The molecule has 19 heavy (non-hydrogen) atoms. The predicted octanol–water partition coefficient (Wildman–Crippen LogP) is 1.17. The van der Waals surface area contributed by atoms with Crippen LogP contribution in [0.15, 0.2) is 30.3 Å². The van der Waals surface area contributed by atoms with Crippen LogP contribution in [0, 0.1) is 0 Å². The molecule has 2 aliphatic rings. The fourth-order valence-corrected chi connectivity index (χ4v) is 2.92. The molecule has 1 amide bonds. The Morgan fingerprint density at radius 3 is 2.68 bits per heavy atom. The van der Waals surface area contributed by atoms with Gasteiger partial charge in [-0.05, 0) is 31.5 Å². The first kappa shape index (κ1) is 12.6. The summed E-state index contributed by atoms with van der Waals surface area (Å²) in [6.07, 6.45) is 1.98. The number of carbonyl (C=O) groups is 1. The van der Waals surface area contributed by atoms with Gasteiger partial charge in [-0.1, -0.05) is 30.3 Å². The van der Waals surface area contributed by atoms with E-state index in [0.29, 0.717) is 6.54 Å². The molecule has 0 aromatic heterocycles. The lowest BCUT2D eigenvalue weighted by molar-refractivity contribution is -0.168. The lowest BCUT2D eigenvalue weighted by Crippen LogP contribution is -2.57. The molecule has 0 unspecified atom stereocenters. The molecule has 0 saturated carbocycles. The number of morpholine rings is 1. The monoisotopic (exact) mass is 260 g/mol. The Bertz CT molecular complexity index is 441. The van der Waals surface area contributed by atoms with Gasteiger partial charge in [0.15, 0.2) is 0 Å². The van der Waals surface area contributed by atoms with Gasteiger partial charge in [0.2, 0.25) is 5.91 Å². The van der Waals surface area contributed by atoms with Gasteiger partial charge in [0, 0.05) is 6.54 Å². The molecule has 3 rings (SSSR count). The first-order chi connectivity index (χ1) is 9.27. The summed E-state index contributed by atoms with van der Waals surface area (Å²) >= 11 is 0. The van der Waals surface area contributed by atoms with Crippen LogP contribution in [0.25, 0.3) is 0 Å². The largest absolute Gasteiger partial charge is 0.363 e. The maximum absolute atomic E-state index is 12.0. The van der Waals surface area contributed by atoms with E-state index in [1.807, 2.05) is 23.1 Å². The highest BCUT2D eigenvalue weighted by atomic mass is 16.5. The van der Waals surface area contributed by atoms with Crippen LogP contribution >= 0.6 is 0 Å². The van der Waals surface area contributed by atoms with Crippen molar-refractivity contribution < 1.29 is 9.53 Å². The standard InChI is InChI=1S/C15H20N2O2/c18-14-11-19-15(6-8-16-9-7-15)12-17(14)10-13-4-2-1-3-5-13/h1-5,16H,6-12H2. The number of piperidine rings is 1. The Morgan fingerprint density at radius 2 is 1.95 bits per heavy atom. The van der Waals surface area contributed by atoms with Gasteiger partial charge in [-0.3, -0.25) is 4.79 Å². The van der Waals surface area contributed by atoms with E-state index in [-0.39, 0.29) is 18.1 Å². The summed E-state index contributed by atoms with van der Waals surface area (Å²) in [5.74, 6) is 0.105. The Kier molecular flexibility index (Phi) is 3.53. The molecule has 2 aliphatic heterocycles. The van der Waals surface area contributed by atoms with E-state index in [4.69, 9.17) is 4.74 Å². The third-order valence-corrected chi connectivity index (χ3v) is 4.06. The molecule has 0 radical (unpaired) electrons. The number of benzene rings is 1. The summed E-state index contributed by atoms with van der Waals surface area (Å²) in [6, 6.07) is 10.2. The zero-order valence-corrected chi connectivity index (χ0v) is 11.1. The Hall–Kier alpha value is -1.39. The number of hydrogen-bond donors (Lipinski definition) is 1. The van der Waals surface area contributed by atoms with Gasteiger partial charge in [-0.2, -0.15) is 0 Å². The lowest BCUT2D eigenvalue weighted by Gasteiger charge is -2.44. The minimum Gasteiger partial charge on any atom is -0.363 e. The normalized spacial score (nSPS) is 22.7. The van der Waals surface area contributed by atoms with Crippen molar-refractivity contribution in [1.82, 2.24) is 10.2 Å². The summed E-state index contributed by atoms with van der Waals surface area (Å²) < 4.78 is 5.86. The zero-order chi connectivity index (χ0) is 13.1. The Labute approximate surface area is 113 Å². The molecule has 1 aromatic rings. The molecule has 0 bridgehead atoms. The maximum atomic E-state index is 12.0. The van der Waals surface area contributed by atoms with E-state index in [0.717, 1.165) is 32.5 Å². The van der Waals surface area contributed by atoms with Crippen molar-refractivity contribution in [2.45, 2.75) is 25.0 Å². The SMILES string of the molecule is O=C1COC2(CCNCC2)CN1Cc1ccccc1. The van der Waals surface area contributed by atoms with Crippen molar-refractivity contribution in [3.8, 4) is 0 Å². The van der Waals surface area contributed by atoms with E-state index in [9.17, 15) is 4.79 Å². The van der Waals surface area contributed by atoms with Gasteiger partial charge < -0.3 is 15.0 Å². The van der Waals surface area contributed by atoms with Crippen LogP contribution in [0.5, 0.6) is 0 Å². The molecule has 2 heterocycles. The smallest absolute Gasteiger partial charge is 0.248 e. The fourth-order valence-electron chi connectivity index (χ4n) is 2.92. The van der Waals surface area contributed by atoms with E-state index in [1.54, 1.807) is 0 Å². The van der Waals surface area contributed by atoms with Crippen LogP contribution in [0.2, 0.25) is 0 Å². The minimum absolute atomic E-state index is 0.105. The van der Waals surface area contributed by atoms with E-state index < -0.39 is 0 Å². The third kappa shape index (κ3) is 2.80. The number of hydrogen-bond acceptors (Lipinski definition) is 3. The van der Waals surface area contributed by atoms with Crippen LogP contribution in [-0.4, -0.2) is 42.6 Å². The van der Waals surface area contributed by atoms with Crippen LogP contribution in [0.1, 0.15) is 18.4 Å². The quantitative estimate of drug-likeness (QED) is 0.868. The second-order valence-corrected chi connectivity index (χ2v) is 5.46. The molecule has 1 N–H and O–H groups in total. The van der Waals surface area contributed by atoms with Crippen LogP contribution in [0.4, 0.5) is 0 Å². The minimum atomic E-state index is -0.117. The lowest BCUT2D eigenvalue weighted by atomic mass is 9.90. The second kappa shape index (κ2) is 5.31. The highest BCUT2D eigenvalue weighted by Gasteiger charge is 2.40. The number of nitrogens with one attached hydrogen (secondary N) is 1. The molecular weight excluding hydrogens is 240 g/mol. The van der Waals surface area contributed by atoms with Gasteiger partial charge in [0.25, 0.3) is 0 Å². The van der Waals surface area contributed by atoms with Crippen molar-refractivity contribution in [3.63, 3.8) is 0 Å². The molecule has 1 aromatic carbocycles. The third-order valence-electron chi connectivity index (χ3n) is 4.06. The van der Waals surface area contributed by atoms with Gasteiger partial charge in [-0.15, -0.1) is 0 Å². The van der Waals surface area contributed by atoms with Crippen LogP contribution in [0.3, 0.4) is 0 Å². The predicted molar refractivity (Wildman–Crippen MR) is 72.6 cm³/mol. The maximum Gasteiger partial charge on any atom is 0.248 e. The van der Waals surface area contributed by atoms with Crippen LogP contribution in [-0.2, 0) is 16.1 Å². The van der Waals surface area contributed by atoms with Gasteiger partial charge in [0.1, 0.15) is 6.61 Å². The molecule has 1 spiro atoms. The topological polar surface area (TPSA) is 41.6 Å². The average Bonchev–Trinajstić information content (AvgIpc) is 2.45. The van der Waals surface area contributed by atoms with E-state index >= 15 is 0 Å². The summed E-state index contributed by atoms with van der Waals surface area (Å²) in [5.41, 5.74) is 1.07. The van der Waals surface area contributed by atoms with Crippen LogP contribution < -0.4 is 5.32 Å². The highest BCUT2D eigenvalue weighted by molar-refractivity contribution is 5.78. The number of ether oxygens (including phenoxy) is 1. The molecule has 2 fully saturated rings. The number of nitrogens with zero attached hydrogens (tertiary/aromatic N) is 1. The van der Waals surface area contributed by atoms with Gasteiger partial charge in [-0.25, -0.2) is 0 Å². The van der Waals surface area contributed by atoms with E-state index in [2.05, 4.69) is 17.4 Å². The number of amides is 1. The number of rotatable bonds is 2. The van der Waals surface area contributed by atoms with Crippen molar-refractivity contribution in [1.29, 1.82) is 0 Å². The van der Waals surface area contributed by atoms with E-state index in [1.165, 1.54) is 5.56 Å². The average molecular weight is 260 g/mol. The van der Waals surface area contributed by atoms with Gasteiger partial charge in [0.05, 0.1) is 12.1 Å². The van der Waals surface area contributed by atoms with Crippen molar-refractivity contribution >= 4 is 5.91 Å². The molecule has 4 nitrogen and oxygen atoms in total. The first-order valence-electron chi connectivity index (χ1n) is 6.94. The second-order valence-electron chi connectivity index (χ2n) is 5.46. The Balaban J connectivity index is 1.71. The van der Waals surface area contributed by atoms with Gasteiger partial charge >= 0.3 is 0 Å². The van der Waals surface area contributed by atoms with Crippen molar-refractivity contribution in [2.24, 2.45) is 0 Å². The first-order valence-corrected chi connectivity index (χ1v) is 6.94.